The van der Waals surface area contributed by atoms with Crippen molar-refractivity contribution in [1.82, 2.24) is 10.3 Å². The van der Waals surface area contributed by atoms with Crippen LogP contribution >= 0.6 is 11.6 Å². The van der Waals surface area contributed by atoms with Gasteiger partial charge < -0.3 is 10.1 Å². The van der Waals surface area contributed by atoms with Crippen molar-refractivity contribution < 1.29 is 4.74 Å². The fourth-order valence-electron chi connectivity index (χ4n) is 1.85. The summed E-state index contributed by atoms with van der Waals surface area (Å²) in [5, 5.41) is 3.98. The molecule has 0 bridgehead atoms. The number of nitrogens with zero attached hydrogens (tertiary/aromatic N) is 1. The Hall–Kier alpha value is -1.58. The van der Waals surface area contributed by atoms with Gasteiger partial charge in [-0.05, 0) is 43.1 Å². The smallest absolute Gasteiger partial charge is 0.219 e. The van der Waals surface area contributed by atoms with Gasteiger partial charge in [0.25, 0.3) is 0 Å². The van der Waals surface area contributed by atoms with E-state index in [-0.39, 0.29) is 0 Å². The first kappa shape index (κ1) is 14.8. The van der Waals surface area contributed by atoms with Crippen molar-refractivity contribution in [3.63, 3.8) is 0 Å². The Balaban J connectivity index is 2.10. The van der Waals surface area contributed by atoms with E-state index in [4.69, 9.17) is 16.3 Å². The fourth-order valence-corrected chi connectivity index (χ4v) is 2.02. The molecule has 0 aliphatic heterocycles. The molecule has 0 radical (unpaired) electrons. The predicted octanol–water partition coefficient (Wildman–Crippen LogP) is 4.34. The van der Waals surface area contributed by atoms with Crippen molar-refractivity contribution in [3.8, 4) is 11.6 Å². The van der Waals surface area contributed by atoms with Crippen LogP contribution in [-0.2, 0) is 6.54 Å². The zero-order chi connectivity index (χ0) is 14.4. The number of benzene rings is 1. The molecule has 0 unspecified atom stereocenters. The molecule has 0 saturated heterocycles. The summed E-state index contributed by atoms with van der Waals surface area (Å²) in [5.74, 6) is 1.35. The van der Waals surface area contributed by atoms with Gasteiger partial charge in [-0.1, -0.05) is 30.7 Å². The van der Waals surface area contributed by atoms with Gasteiger partial charge in [-0.15, -0.1) is 0 Å². The van der Waals surface area contributed by atoms with Crippen molar-refractivity contribution in [2.75, 3.05) is 6.54 Å². The zero-order valence-corrected chi connectivity index (χ0v) is 12.6. The Bertz CT molecular complexity index is 572. The predicted molar refractivity (Wildman–Crippen MR) is 82.5 cm³/mol. The van der Waals surface area contributed by atoms with Gasteiger partial charge in [-0.3, -0.25) is 0 Å². The van der Waals surface area contributed by atoms with Crippen LogP contribution < -0.4 is 10.1 Å². The number of pyridine rings is 1. The molecule has 1 aromatic carbocycles. The van der Waals surface area contributed by atoms with E-state index in [0.29, 0.717) is 10.9 Å². The third-order valence-electron chi connectivity index (χ3n) is 2.86. The number of hydrogen-bond acceptors (Lipinski definition) is 3. The molecule has 0 fully saturated rings. The Morgan fingerprint density at radius 3 is 2.90 bits per heavy atom. The molecular weight excluding hydrogens is 272 g/mol. The van der Waals surface area contributed by atoms with Crippen molar-refractivity contribution >= 4 is 11.6 Å². The minimum atomic E-state index is 0.563. The van der Waals surface area contributed by atoms with Crippen LogP contribution in [0.5, 0.6) is 11.6 Å². The van der Waals surface area contributed by atoms with Gasteiger partial charge >= 0.3 is 0 Å². The Kier molecular flexibility index (Phi) is 5.39. The number of aryl methyl sites for hydroxylation is 1. The Morgan fingerprint density at radius 2 is 2.15 bits per heavy atom. The van der Waals surface area contributed by atoms with E-state index in [9.17, 15) is 0 Å². The minimum Gasteiger partial charge on any atom is -0.439 e. The van der Waals surface area contributed by atoms with E-state index in [1.54, 1.807) is 6.20 Å². The normalized spacial score (nSPS) is 10.6. The topological polar surface area (TPSA) is 34.1 Å². The minimum absolute atomic E-state index is 0.563. The lowest BCUT2D eigenvalue weighted by molar-refractivity contribution is 0.461. The molecular formula is C16H19ClN2O. The van der Waals surface area contributed by atoms with E-state index in [1.807, 2.05) is 37.3 Å². The van der Waals surface area contributed by atoms with Crippen LogP contribution in [0.4, 0.5) is 0 Å². The second-order valence-corrected chi connectivity index (χ2v) is 5.12. The average Bonchev–Trinajstić information content (AvgIpc) is 2.42. The standard InChI is InChI=1S/C16H19ClN2O/c1-3-7-18-10-13-9-16(19-11-15(13)17)20-14-6-4-5-12(2)8-14/h4-6,8-9,11,18H,3,7,10H2,1-2H3. The molecule has 0 saturated carbocycles. The van der Waals surface area contributed by atoms with Gasteiger partial charge in [0.15, 0.2) is 0 Å². The van der Waals surface area contributed by atoms with E-state index in [2.05, 4.69) is 17.2 Å². The largest absolute Gasteiger partial charge is 0.439 e. The molecule has 3 nitrogen and oxygen atoms in total. The van der Waals surface area contributed by atoms with E-state index in [0.717, 1.165) is 36.4 Å². The van der Waals surface area contributed by atoms with Crippen LogP contribution in [0.25, 0.3) is 0 Å². The Morgan fingerprint density at radius 1 is 1.30 bits per heavy atom. The first-order valence-corrected chi connectivity index (χ1v) is 7.16. The van der Waals surface area contributed by atoms with Gasteiger partial charge in [0.05, 0.1) is 5.02 Å². The highest BCUT2D eigenvalue weighted by molar-refractivity contribution is 6.31. The highest BCUT2D eigenvalue weighted by Gasteiger charge is 2.05. The van der Waals surface area contributed by atoms with Gasteiger partial charge in [0, 0.05) is 18.8 Å². The Labute approximate surface area is 124 Å². The monoisotopic (exact) mass is 290 g/mol. The SMILES string of the molecule is CCCNCc1cc(Oc2cccc(C)c2)ncc1Cl. The third-order valence-corrected chi connectivity index (χ3v) is 3.20. The molecule has 1 aromatic heterocycles. The van der Waals surface area contributed by atoms with Crippen LogP contribution in [-0.4, -0.2) is 11.5 Å². The molecule has 20 heavy (non-hydrogen) atoms. The summed E-state index contributed by atoms with van der Waals surface area (Å²) in [6.45, 7) is 5.85. The van der Waals surface area contributed by atoms with Crippen LogP contribution in [0.2, 0.25) is 5.02 Å². The van der Waals surface area contributed by atoms with Crippen LogP contribution in [0.3, 0.4) is 0 Å². The van der Waals surface area contributed by atoms with Crippen molar-refractivity contribution in [2.45, 2.75) is 26.8 Å². The molecule has 2 rings (SSSR count). The summed E-state index contributed by atoms with van der Waals surface area (Å²) in [7, 11) is 0. The highest BCUT2D eigenvalue weighted by Crippen LogP contribution is 2.24. The second kappa shape index (κ2) is 7.27. The van der Waals surface area contributed by atoms with Gasteiger partial charge in [0.2, 0.25) is 5.88 Å². The summed E-state index contributed by atoms with van der Waals surface area (Å²) < 4.78 is 5.76. The third kappa shape index (κ3) is 4.22. The number of ether oxygens (including phenoxy) is 1. The quantitative estimate of drug-likeness (QED) is 0.804. The summed E-state index contributed by atoms with van der Waals surface area (Å²) in [6.07, 6.45) is 2.73. The van der Waals surface area contributed by atoms with Crippen molar-refractivity contribution in [2.24, 2.45) is 0 Å². The molecule has 0 spiro atoms. The number of nitrogens with one attached hydrogen (secondary N) is 1. The summed E-state index contributed by atoms with van der Waals surface area (Å²) >= 11 is 6.15. The summed E-state index contributed by atoms with van der Waals surface area (Å²) in [6, 6.07) is 9.77. The molecule has 4 heteroatoms. The molecule has 106 valence electrons. The maximum atomic E-state index is 6.15. The van der Waals surface area contributed by atoms with Crippen LogP contribution in [0, 0.1) is 6.92 Å². The molecule has 1 heterocycles. The number of hydrogen-bond donors (Lipinski definition) is 1. The molecule has 0 atom stereocenters. The molecule has 1 N–H and O–H groups in total. The fraction of sp³-hybridized carbons (Fsp3) is 0.312. The average molecular weight is 291 g/mol. The van der Waals surface area contributed by atoms with Gasteiger partial charge in [-0.2, -0.15) is 0 Å². The van der Waals surface area contributed by atoms with E-state index < -0.39 is 0 Å². The van der Waals surface area contributed by atoms with Gasteiger partial charge in [-0.25, -0.2) is 4.98 Å². The van der Waals surface area contributed by atoms with Gasteiger partial charge in [0.1, 0.15) is 5.75 Å². The number of rotatable bonds is 6. The maximum Gasteiger partial charge on any atom is 0.219 e. The summed E-state index contributed by atoms with van der Waals surface area (Å²) in [4.78, 5) is 4.21. The zero-order valence-electron chi connectivity index (χ0n) is 11.8. The van der Waals surface area contributed by atoms with E-state index >= 15 is 0 Å². The first-order valence-electron chi connectivity index (χ1n) is 6.78. The molecule has 0 aliphatic rings. The summed E-state index contributed by atoms with van der Waals surface area (Å²) in [5.41, 5.74) is 2.15. The molecule has 0 amide bonds. The van der Waals surface area contributed by atoms with E-state index in [1.165, 1.54) is 0 Å². The lowest BCUT2D eigenvalue weighted by Gasteiger charge is -2.09. The lowest BCUT2D eigenvalue weighted by atomic mass is 10.2. The second-order valence-electron chi connectivity index (χ2n) is 4.71. The number of aromatic nitrogens is 1. The number of halogens is 1. The van der Waals surface area contributed by atoms with Crippen LogP contribution in [0.15, 0.2) is 36.5 Å². The molecule has 2 aromatic rings. The van der Waals surface area contributed by atoms with Crippen LogP contribution in [0.1, 0.15) is 24.5 Å². The van der Waals surface area contributed by atoms with Crippen molar-refractivity contribution in [1.29, 1.82) is 0 Å². The lowest BCUT2D eigenvalue weighted by Crippen LogP contribution is -2.14. The first-order chi connectivity index (χ1) is 9.69. The highest BCUT2D eigenvalue weighted by atomic mass is 35.5. The molecule has 0 aliphatic carbocycles. The van der Waals surface area contributed by atoms with Crippen molar-refractivity contribution in [3.05, 3.63) is 52.7 Å². The maximum absolute atomic E-state index is 6.15.